The molecule has 118 valence electrons. The van der Waals surface area contributed by atoms with Crippen molar-refractivity contribution in [1.82, 2.24) is 0 Å². The first-order valence-electron chi connectivity index (χ1n) is 6.02. The van der Waals surface area contributed by atoms with E-state index < -0.39 is 37.3 Å². The van der Waals surface area contributed by atoms with Gasteiger partial charge in [-0.1, -0.05) is 0 Å². The third kappa shape index (κ3) is 3.73. The highest BCUT2D eigenvalue weighted by Gasteiger charge is 2.44. The summed E-state index contributed by atoms with van der Waals surface area (Å²) in [6.07, 6.45) is -6.65. The molecule has 5 atom stereocenters. The van der Waals surface area contributed by atoms with E-state index in [-0.39, 0.29) is 5.48 Å². The van der Waals surface area contributed by atoms with Gasteiger partial charge in [-0.2, -0.15) is 0 Å². The van der Waals surface area contributed by atoms with Crippen LogP contribution in [0.1, 0.15) is 0 Å². The monoisotopic (exact) mass is 303 g/mol. The Morgan fingerprint density at radius 1 is 1.10 bits per heavy atom. The van der Waals surface area contributed by atoms with Gasteiger partial charge >= 0.3 is 0 Å². The van der Waals surface area contributed by atoms with Crippen molar-refractivity contribution < 1.29 is 40.6 Å². The summed E-state index contributed by atoms with van der Waals surface area (Å²) in [5.41, 5.74) is 0.339. The maximum atomic E-state index is 10.4. The molecule has 1 aliphatic rings. The van der Waals surface area contributed by atoms with E-state index in [2.05, 4.69) is 0 Å². The number of aliphatic hydroxyl groups excluding tert-OH is 4. The molecule has 0 radical (unpaired) electrons. The molecule has 0 aliphatic carbocycles. The summed E-state index contributed by atoms with van der Waals surface area (Å²) in [5, 5.41) is 39.7. The first kappa shape index (κ1) is 17.4. The minimum atomic E-state index is -1.49. The molecule has 1 aliphatic heterocycles. The molecule has 1 fully saturated rings. The molecule has 0 unspecified atom stereocenters. The Morgan fingerprint density at radius 2 is 1.71 bits per heavy atom. The third-order valence-corrected chi connectivity index (χ3v) is 3.07. The van der Waals surface area contributed by atoms with Gasteiger partial charge in [-0.15, -0.1) is 0 Å². The van der Waals surface area contributed by atoms with Crippen LogP contribution in [0.5, 0.6) is 5.75 Å². The van der Waals surface area contributed by atoms with Gasteiger partial charge in [-0.05, 0) is 12.1 Å². The van der Waals surface area contributed by atoms with Crippen molar-refractivity contribution >= 4 is 5.69 Å². The fourth-order valence-electron chi connectivity index (χ4n) is 1.90. The zero-order chi connectivity index (χ0) is 14.7. The van der Waals surface area contributed by atoms with Gasteiger partial charge in [0.05, 0.1) is 6.61 Å². The lowest BCUT2D eigenvalue weighted by atomic mass is 9.99. The van der Waals surface area contributed by atoms with E-state index >= 15 is 0 Å². The number of aliphatic hydroxyl groups is 4. The molecule has 0 bridgehead atoms. The summed E-state index contributed by atoms with van der Waals surface area (Å²) in [7, 11) is 0. The highest BCUT2D eigenvalue weighted by atomic mass is 16.7. The molecule has 6 N–H and O–H groups in total. The van der Waals surface area contributed by atoms with Crippen LogP contribution >= 0.6 is 0 Å². The summed E-state index contributed by atoms with van der Waals surface area (Å²) < 4.78 is 10.5. The van der Waals surface area contributed by atoms with Crippen LogP contribution < -0.4 is 9.91 Å². The van der Waals surface area contributed by atoms with Crippen molar-refractivity contribution in [2.24, 2.45) is 0 Å². The Labute approximate surface area is 119 Å². The van der Waals surface area contributed by atoms with Crippen LogP contribution in [0.15, 0.2) is 24.3 Å². The molecule has 1 saturated heterocycles. The van der Waals surface area contributed by atoms with E-state index in [1.807, 2.05) is 0 Å². The Bertz CT molecular complexity index is 451. The van der Waals surface area contributed by atoms with E-state index in [1.165, 1.54) is 24.3 Å². The van der Waals surface area contributed by atoms with Crippen LogP contribution in [-0.2, 0) is 4.74 Å². The van der Waals surface area contributed by atoms with Crippen molar-refractivity contribution in [3.05, 3.63) is 29.2 Å². The summed E-state index contributed by atoms with van der Waals surface area (Å²) >= 11 is 0. The smallest absolute Gasteiger partial charge is 0.253 e. The molecular weight excluding hydrogens is 286 g/mol. The number of hydrogen-bond donors (Lipinski definition) is 5. The average Bonchev–Trinajstić information content (AvgIpc) is 2.48. The van der Waals surface area contributed by atoms with Crippen LogP contribution in [0.3, 0.4) is 0 Å². The lowest BCUT2D eigenvalue weighted by Gasteiger charge is -2.39. The van der Waals surface area contributed by atoms with Gasteiger partial charge in [0, 0.05) is 22.2 Å². The maximum Gasteiger partial charge on any atom is 0.253 e. The first-order valence-corrected chi connectivity index (χ1v) is 6.02. The molecule has 21 heavy (non-hydrogen) atoms. The van der Waals surface area contributed by atoms with Crippen LogP contribution in [-0.4, -0.2) is 63.2 Å². The van der Waals surface area contributed by atoms with Gasteiger partial charge < -0.3 is 35.4 Å². The largest absolute Gasteiger partial charge is 0.870 e. The number of nitroso groups, excluding NO2 is 1. The van der Waals surface area contributed by atoms with E-state index in [9.17, 15) is 20.2 Å². The second-order valence-electron chi connectivity index (χ2n) is 4.44. The highest BCUT2D eigenvalue weighted by Crippen LogP contribution is 2.24. The molecule has 9 nitrogen and oxygen atoms in total. The van der Waals surface area contributed by atoms with Gasteiger partial charge in [-0.3, -0.25) is 0 Å². The molecule has 0 saturated carbocycles. The standard InChI is InChI=1S/C12H15NO7.H2O/c14-5-8-9(15)10(16)11(17)12(20-8)19-7-3-1-6(13-18)2-4-7;/h1-4,8-12,14-17H,5H2;1H2/t8-,9+,10+,11-,12-;/m1./s1. The maximum absolute atomic E-state index is 10.4. The van der Waals surface area contributed by atoms with Crippen LogP contribution in [0.2, 0.25) is 0 Å². The highest BCUT2D eigenvalue weighted by molar-refractivity contribution is 5.35. The second kappa shape index (κ2) is 7.41. The predicted molar refractivity (Wildman–Crippen MR) is 66.8 cm³/mol. The molecule has 2 rings (SSSR count). The molecule has 0 amide bonds. The number of rotatable bonds is 4. The van der Waals surface area contributed by atoms with Crippen molar-refractivity contribution in [3.8, 4) is 5.75 Å². The van der Waals surface area contributed by atoms with Gasteiger partial charge in [0.25, 0.3) is 5.69 Å². The number of hydrogen-bond acceptors (Lipinski definition) is 8. The lowest BCUT2D eigenvalue weighted by Crippen LogP contribution is -2.60. The van der Waals surface area contributed by atoms with E-state index in [0.29, 0.717) is 11.4 Å². The summed E-state index contributed by atoms with van der Waals surface area (Å²) in [5.74, 6) is 0.299. The minimum absolute atomic E-state index is 0. The Balaban J connectivity index is 0.00000220. The predicted octanol–water partition coefficient (Wildman–Crippen LogP) is -2.83. The van der Waals surface area contributed by atoms with Crippen molar-refractivity contribution in [1.29, 1.82) is 0 Å². The lowest BCUT2D eigenvalue weighted by molar-refractivity contribution is -0.379. The van der Waals surface area contributed by atoms with Gasteiger partial charge in [-0.25, -0.2) is 0 Å². The van der Waals surface area contributed by atoms with E-state index in [0.717, 1.165) is 0 Å². The molecule has 1 heterocycles. The first-order chi connectivity index (χ1) is 9.56. The van der Waals surface area contributed by atoms with Gasteiger partial charge in [0.15, 0.2) is 0 Å². The second-order valence-corrected chi connectivity index (χ2v) is 4.44. The minimum Gasteiger partial charge on any atom is -0.870 e. The SMILES string of the molecule is O=[NH+]c1ccc(O[C@@H]2O[C@H](CO)[C@H](O)[C@H](O)[C@H]2O)cc1.[OH-]. The number of benzene rings is 1. The molecule has 1 aromatic rings. The van der Waals surface area contributed by atoms with Crippen molar-refractivity contribution in [2.45, 2.75) is 30.7 Å². The van der Waals surface area contributed by atoms with Crippen LogP contribution in [0.4, 0.5) is 5.69 Å². The molecule has 0 spiro atoms. The Hall–Kier alpha value is -1.62. The fourth-order valence-corrected chi connectivity index (χ4v) is 1.90. The molecule has 9 heteroatoms. The van der Waals surface area contributed by atoms with E-state index in [4.69, 9.17) is 14.6 Å². The Morgan fingerprint density at radius 3 is 2.24 bits per heavy atom. The van der Waals surface area contributed by atoms with Gasteiger partial charge in [0.2, 0.25) is 6.29 Å². The summed E-state index contributed by atoms with van der Waals surface area (Å²) in [6, 6.07) is 5.88. The van der Waals surface area contributed by atoms with Crippen LogP contribution in [0.25, 0.3) is 0 Å². The summed E-state index contributed by atoms with van der Waals surface area (Å²) in [6.45, 7) is -0.524. The van der Waals surface area contributed by atoms with Crippen molar-refractivity contribution in [3.63, 3.8) is 0 Å². The van der Waals surface area contributed by atoms with Crippen LogP contribution in [0, 0.1) is 4.91 Å². The van der Waals surface area contributed by atoms with Gasteiger partial charge in [0.1, 0.15) is 30.2 Å². The zero-order valence-electron chi connectivity index (χ0n) is 10.9. The normalized spacial score (nSPS) is 32.1. The Kier molecular flexibility index (Phi) is 6.15. The number of nitrogens with one attached hydrogen (secondary N) is 1. The molecule has 0 aromatic heterocycles. The molecule has 1 aromatic carbocycles. The third-order valence-electron chi connectivity index (χ3n) is 3.07. The zero-order valence-corrected chi connectivity index (χ0v) is 10.9. The average molecular weight is 303 g/mol. The quantitative estimate of drug-likeness (QED) is 0.397. The van der Waals surface area contributed by atoms with Crippen molar-refractivity contribution in [2.75, 3.05) is 6.61 Å². The fraction of sp³-hybridized carbons (Fsp3) is 0.500. The van der Waals surface area contributed by atoms with E-state index in [1.54, 1.807) is 5.18 Å². The number of ether oxygens (including phenoxy) is 2. The topological polar surface area (TPSA) is 160 Å². The molecular formula is C12H17NO8. The summed E-state index contributed by atoms with van der Waals surface area (Å²) in [4.78, 5) is 10.4.